The SMILES string of the molecule is CCCCCCC/C=C\C/C=C\C/C=C\CCCCCCCCCCCCCCCCCCCCC(=O)NC(COC1OC(CO)C(OC2OC(CO)C(O)C(O)C2O)C(O)C1O)C(O)CCCCCCCCCCCCCCCCCCCCCCCCCCCCCCCCCC. The van der Waals surface area contributed by atoms with E-state index in [9.17, 15) is 45.6 Å². The number of nitrogens with one attached hydrogen (secondary N) is 1. The highest BCUT2D eigenvalue weighted by molar-refractivity contribution is 5.76. The lowest BCUT2D eigenvalue weighted by Crippen LogP contribution is -2.65. The third-order valence-electron chi connectivity index (χ3n) is 21.1. The van der Waals surface area contributed by atoms with Crippen LogP contribution in [0.3, 0.4) is 0 Å². The van der Waals surface area contributed by atoms with Gasteiger partial charge in [0.05, 0.1) is 32.0 Å². The number of aliphatic hydroxyl groups is 8. The topological polar surface area (TPSA) is 228 Å². The van der Waals surface area contributed by atoms with Gasteiger partial charge >= 0.3 is 0 Å². The lowest BCUT2D eigenvalue weighted by atomic mass is 9.97. The van der Waals surface area contributed by atoms with Gasteiger partial charge < -0.3 is 65.1 Å². The van der Waals surface area contributed by atoms with E-state index in [0.717, 1.165) is 64.2 Å². The molecule has 12 atom stereocenters. The molecule has 1 amide bonds. The van der Waals surface area contributed by atoms with Gasteiger partial charge in [0.25, 0.3) is 0 Å². The number of hydrogen-bond donors (Lipinski definition) is 9. The monoisotopic (exact) mass is 1400 g/mol. The van der Waals surface area contributed by atoms with Crippen LogP contribution >= 0.6 is 0 Å². The van der Waals surface area contributed by atoms with E-state index < -0.39 is 86.8 Å². The maximum Gasteiger partial charge on any atom is 0.220 e. The summed E-state index contributed by atoms with van der Waals surface area (Å²) >= 11 is 0. The van der Waals surface area contributed by atoms with Crippen LogP contribution in [0.4, 0.5) is 0 Å². The standard InChI is InChI=1S/C85H161NO13/c1-3-5-7-9-11-13-15-17-19-21-23-25-27-29-31-33-35-37-39-41-43-45-47-49-51-53-55-57-59-61-63-65-67-69-77(90)86-73(72-96-84-82(95)80(93)83(76(71-88)98-84)99-85-81(94)79(92)78(91)75(70-87)97-85)74(89)68-66-64-62-60-58-56-54-52-50-48-46-44-42-40-38-36-34-32-30-28-26-24-22-20-18-16-14-12-10-8-6-4-2/h15,17,21,23,27,29,73-76,78-85,87-89,91-95H,3-14,16,18-20,22,24-26,28,30-72H2,1-2H3,(H,86,90)/b17-15-,23-21-,29-27-. The molecule has 14 heteroatoms. The zero-order valence-corrected chi connectivity index (χ0v) is 64.3. The molecular formula is C85H161NO13. The van der Waals surface area contributed by atoms with Gasteiger partial charge in [-0.3, -0.25) is 4.79 Å². The first-order chi connectivity index (χ1) is 48.6. The largest absolute Gasteiger partial charge is 0.394 e. The minimum atomic E-state index is -1.78. The first-order valence-corrected chi connectivity index (χ1v) is 42.7. The number of ether oxygens (including phenoxy) is 4. The molecule has 0 aromatic carbocycles. The van der Waals surface area contributed by atoms with Crippen LogP contribution in [0, 0.1) is 0 Å². The number of carbonyl (C=O) groups is 1. The summed E-state index contributed by atoms with van der Waals surface area (Å²) in [5, 5.41) is 88.0. The van der Waals surface area contributed by atoms with Crippen LogP contribution < -0.4 is 5.32 Å². The lowest BCUT2D eigenvalue weighted by molar-refractivity contribution is -0.359. The molecule has 0 radical (unpaired) electrons. The van der Waals surface area contributed by atoms with Crippen molar-refractivity contribution in [1.82, 2.24) is 5.32 Å². The average Bonchev–Trinajstić information content (AvgIpc) is 0.793. The summed E-state index contributed by atoms with van der Waals surface area (Å²) in [6.07, 6.45) is 74.8. The molecule has 2 rings (SSSR count). The number of carbonyl (C=O) groups excluding carboxylic acids is 1. The first kappa shape index (κ1) is 93.3. The fourth-order valence-corrected chi connectivity index (χ4v) is 14.4. The van der Waals surface area contributed by atoms with E-state index in [1.54, 1.807) is 0 Å². The molecule has 0 aromatic rings. The molecule has 0 bridgehead atoms. The molecule has 2 aliphatic rings. The zero-order valence-electron chi connectivity index (χ0n) is 64.3. The van der Waals surface area contributed by atoms with Crippen LogP contribution in [0.15, 0.2) is 36.5 Å². The normalized spacial score (nSPS) is 22.0. The summed E-state index contributed by atoms with van der Waals surface area (Å²) in [5.74, 6) is -0.198. The second-order valence-electron chi connectivity index (χ2n) is 30.3. The summed E-state index contributed by atoms with van der Waals surface area (Å²) in [6.45, 7) is 2.92. The van der Waals surface area contributed by atoms with Crippen LogP contribution in [-0.4, -0.2) is 140 Å². The molecule has 2 fully saturated rings. The summed E-state index contributed by atoms with van der Waals surface area (Å²) < 4.78 is 23.0. The second-order valence-corrected chi connectivity index (χ2v) is 30.3. The van der Waals surface area contributed by atoms with E-state index >= 15 is 0 Å². The smallest absolute Gasteiger partial charge is 0.220 e. The van der Waals surface area contributed by atoms with Crippen LogP contribution in [0.2, 0.25) is 0 Å². The second kappa shape index (κ2) is 69.3. The molecule has 0 aliphatic carbocycles. The molecule has 0 aromatic heterocycles. The van der Waals surface area contributed by atoms with Crippen molar-refractivity contribution in [3.8, 4) is 0 Å². The fraction of sp³-hybridized carbons (Fsp3) is 0.918. The van der Waals surface area contributed by atoms with Gasteiger partial charge in [-0.15, -0.1) is 0 Å². The Kier molecular flexibility index (Phi) is 65.3. The Morgan fingerprint density at radius 2 is 0.667 bits per heavy atom. The van der Waals surface area contributed by atoms with Crippen LogP contribution in [0.5, 0.6) is 0 Å². The Labute approximate surface area is 608 Å². The van der Waals surface area contributed by atoms with E-state index in [4.69, 9.17) is 18.9 Å². The Morgan fingerprint density at radius 1 is 0.364 bits per heavy atom. The highest BCUT2D eigenvalue weighted by Gasteiger charge is 2.51. The van der Waals surface area contributed by atoms with Crippen LogP contribution in [0.25, 0.3) is 0 Å². The Bertz CT molecular complexity index is 1800. The Morgan fingerprint density at radius 3 is 1.02 bits per heavy atom. The fourth-order valence-electron chi connectivity index (χ4n) is 14.4. The molecule has 2 heterocycles. The Hall–Kier alpha value is -1.79. The summed E-state index contributed by atoms with van der Waals surface area (Å²) in [6, 6.07) is -0.830. The van der Waals surface area contributed by atoms with Crippen molar-refractivity contribution in [2.45, 2.75) is 479 Å². The third-order valence-corrected chi connectivity index (χ3v) is 21.1. The molecule has 99 heavy (non-hydrogen) atoms. The molecule has 584 valence electrons. The number of aliphatic hydroxyl groups excluding tert-OH is 8. The number of hydrogen-bond acceptors (Lipinski definition) is 13. The van der Waals surface area contributed by atoms with E-state index in [2.05, 4.69) is 55.6 Å². The van der Waals surface area contributed by atoms with Gasteiger partial charge in [-0.1, -0.05) is 384 Å². The number of rotatable bonds is 73. The molecule has 12 unspecified atom stereocenters. The lowest BCUT2D eigenvalue weighted by Gasteiger charge is -2.46. The number of unbranched alkanes of at least 4 members (excludes halogenated alkanes) is 54. The highest BCUT2D eigenvalue weighted by Crippen LogP contribution is 2.31. The minimum absolute atomic E-state index is 0.198. The highest BCUT2D eigenvalue weighted by atomic mass is 16.7. The van der Waals surface area contributed by atoms with E-state index in [1.165, 1.54) is 315 Å². The Balaban J connectivity index is 1.58. The van der Waals surface area contributed by atoms with Crippen molar-refractivity contribution in [1.29, 1.82) is 0 Å². The van der Waals surface area contributed by atoms with Crippen molar-refractivity contribution in [3.63, 3.8) is 0 Å². The first-order valence-electron chi connectivity index (χ1n) is 42.7. The van der Waals surface area contributed by atoms with Crippen molar-refractivity contribution < 1.29 is 64.6 Å². The predicted molar refractivity (Wildman–Crippen MR) is 411 cm³/mol. The summed E-state index contributed by atoms with van der Waals surface area (Å²) in [5.41, 5.74) is 0. The van der Waals surface area contributed by atoms with Gasteiger partial charge in [0.1, 0.15) is 48.8 Å². The van der Waals surface area contributed by atoms with Gasteiger partial charge in [-0.05, 0) is 51.4 Å². The quantitative estimate of drug-likeness (QED) is 0.0204. The number of allylic oxidation sites excluding steroid dienone is 6. The maximum atomic E-state index is 13.4. The van der Waals surface area contributed by atoms with E-state index in [-0.39, 0.29) is 12.5 Å². The molecule has 2 saturated heterocycles. The molecule has 14 nitrogen and oxygen atoms in total. The summed E-state index contributed by atoms with van der Waals surface area (Å²) in [7, 11) is 0. The van der Waals surface area contributed by atoms with Gasteiger partial charge in [-0.2, -0.15) is 0 Å². The van der Waals surface area contributed by atoms with Crippen molar-refractivity contribution in [3.05, 3.63) is 36.5 Å². The average molecular weight is 1410 g/mol. The zero-order chi connectivity index (χ0) is 71.5. The minimum Gasteiger partial charge on any atom is -0.394 e. The van der Waals surface area contributed by atoms with E-state index in [0.29, 0.717) is 12.8 Å². The van der Waals surface area contributed by atoms with Gasteiger partial charge in [0, 0.05) is 6.42 Å². The van der Waals surface area contributed by atoms with Crippen molar-refractivity contribution in [2.75, 3.05) is 19.8 Å². The third kappa shape index (κ3) is 51.9. The maximum absolute atomic E-state index is 13.4. The van der Waals surface area contributed by atoms with Crippen molar-refractivity contribution >= 4 is 5.91 Å². The van der Waals surface area contributed by atoms with Gasteiger partial charge in [-0.25, -0.2) is 0 Å². The molecule has 2 aliphatic heterocycles. The van der Waals surface area contributed by atoms with Crippen LogP contribution in [-0.2, 0) is 23.7 Å². The molecular weight excluding hydrogens is 1240 g/mol. The van der Waals surface area contributed by atoms with Crippen LogP contribution in [0.1, 0.15) is 406 Å². The molecule has 0 saturated carbocycles. The predicted octanol–water partition coefficient (Wildman–Crippen LogP) is 20.0. The van der Waals surface area contributed by atoms with Crippen molar-refractivity contribution in [2.24, 2.45) is 0 Å². The van der Waals surface area contributed by atoms with E-state index in [1.807, 2.05) is 0 Å². The molecule has 0 spiro atoms. The number of amides is 1. The summed E-state index contributed by atoms with van der Waals surface area (Å²) in [4.78, 5) is 13.4. The molecule has 9 N–H and O–H groups in total. The van der Waals surface area contributed by atoms with Gasteiger partial charge in [0.2, 0.25) is 5.91 Å². The van der Waals surface area contributed by atoms with Gasteiger partial charge in [0.15, 0.2) is 12.6 Å².